The maximum atomic E-state index is 14.4. The Morgan fingerprint density at radius 2 is 1.79 bits per heavy atom. The summed E-state index contributed by atoms with van der Waals surface area (Å²) in [6, 6.07) is 12.9. The molecule has 0 saturated carbocycles. The first kappa shape index (κ1) is 24.8. The van der Waals surface area contributed by atoms with Crippen LogP contribution in [0.25, 0.3) is 10.8 Å². The molecule has 8 heteroatoms. The van der Waals surface area contributed by atoms with E-state index in [0.29, 0.717) is 26.1 Å². The fourth-order valence-corrected chi connectivity index (χ4v) is 6.72. The first-order valence-corrected chi connectivity index (χ1v) is 13.5. The molecule has 1 unspecified atom stereocenters. The highest BCUT2D eigenvalue weighted by Crippen LogP contribution is 2.53. The minimum Gasteiger partial charge on any atom is -0.396 e. The average molecular weight is 516 g/mol. The summed E-state index contributed by atoms with van der Waals surface area (Å²) in [5, 5.41) is 11.7. The summed E-state index contributed by atoms with van der Waals surface area (Å²) in [5.41, 5.74) is -0.509. The molecule has 4 aliphatic heterocycles. The van der Waals surface area contributed by atoms with Crippen molar-refractivity contribution in [1.82, 2.24) is 9.80 Å². The Balaban J connectivity index is 1.43. The maximum absolute atomic E-state index is 14.4. The van der Waals surface area contributed by atoms with Gasteiger partial charge < -0.3 is 24.5 Å². The largest absolute Gasteiger partial charge is 0.396 e. The van der Waals surface area contributed by atoms with Gasteiger partial charge in [0.15, 0.2) is 0 Å². The molecule has 2 fully saturated rings. The first-order valence-electron chi connectivity index (χ1n) is 13.5. The van der Waals surface area contributed by atoms with Crippen molar-refractivity contribution in [2.45, 2.75) is 37.5 Å². The second kappa shape index (κ2) is 9.67. The predicted octanol–water partition coefficient (Wildman–Crippen LogP) is 2.51. The second-order valence-electron chi connectivity index (χ2n) is 10.5. The van der Waals surface area contributed by atoms with E-state index in [1.807, 2.05) is 73.7 Å². The number of hydrogen-bond acceptors (Lipinski definition) is 5. The molecule has 1 spiro atoms. The third kappa shape index (κ3) is 3.69. The van der Waals surface area contributed by atoms with Crippen LogP contribution in [0.5, 0.6) is 0 Å². The average Bonchev–Trinajstić information content (AvgIpc) is 3.24. The van der Waals surface area contributed by atoms with Crippen molar-refractivity contribution in [3.05, 3.63) is 66.8 Å². The molecule has 0 aromatic heterocycles. The van der Waals surface area contributed by atoms with Gasteiger partial charge in [-0.15, -0.1) is 0 Å². The van der Waals surface area contributed by atoms with E-state index in [1.165, 1.54) is 0 Å². The van der Waals surface area contributed by atoms with Crippen LogP contribution in [0.2, 0.25) is 0 Å². The van der Waals surface area contributed by atoms with Gasteiger partial charge in [0, 0.05) is 38.5 Å². The number of anilines is 1. The lowest BCUT2D eigenvalue weighted by molar-refractivity contribution is -0.144. The van der Waals surface area contributed by atoms with Gasteiger partial charge in [0.25, 0.3) is 5.91 Å². The van der Waals surface area contributed by atoms with Crippen LogP contribution in [0, 0.1) is 11.8 Å². The van der Waals surface area contributed by atoms with Crippen LogP contribution < -0.4 is 4.90 Å². The number of rotatable bonds is 6. The van der Waals surface area contributed by atoms with Crippen LogP contribution >= 0.6 is 0 Å². The highest BCUT2D eigenvalue weighted by molar-refractivity contribution is 6.06. The van der Waals surface area contributed by atoms with Crippen LogP contribution in [0.4, 0.5) is 5.69 Å². The SMILES string of the molecule is CCCN1CC=C[C@H]2O[C@]34C=CCN(c5ccc6ccccc6c5)C(=O)C3N(CCCO)C(=O)[C@@H]4[C@H]2C1=O. The van der Waals surface area contributed by atoms with Crippen molar-refractivity contribution in [2.24, 2.45) is 11.8 Å². The van der Waals surface area contributed by atoms with Crippen molar-refractivity contribution < 1.29 is 24.2 Å². The number of carbonyl (C=O) groups excluding carboxylic acids is 3. The molecule has 38 heavy (non-hydrogen) atoms. The van der Waals surface area contributed by atoms with E-state index in [0.717, 1.165) is 22.9 Å². The zero-order valence-electron chi connectivity index (χ0n) is 21.5. The molecule has 6 rings (SSSR count). The number of aliphatic hydroxyl groups excluding tert-OH is 1. The molecule has 3 amide bonds. The van der Waals surface area contributed by atoms with Gasteiger partial charge in [-0.2, -0.15) is 0 Å². The van der Waals surface area contributed by atoms with Gasteiger partial charge in [0.05, 0.1) is 17.9 Å². The van der Waals surface area contributed by atoms with Crippen molar-refractivity contribution in [1.29, 1.82) is 0 Å². The van der Waals surface area contributed by atoms with E-state index in [-0.39, 0.29) is 30.9 Å². The minimum absolute atomic E-state index is 0.101. The molecule has 2 saturated heterocycles. The monoisotopic (exact) mass is 515 g/mol. The Labute approximate surface area is 222 Å². The summed E-state index contributed by atoms with van der Waals surface area (Å²) in [5.74, 6) is -2.09. The Hall–Kier alpha value is -3.49. The van der Waals surface area contributed by atoms with Gasteiger partial charge in [0.1, 0.15) is 11.6 Å². The minimum atomic E-state index is -1.25. The molecule has 5 atom stereocenters. The smallest absolute Gasteiger partial charge is 0.253 e. The number of ether oxygens (including phenoxy) is 1. The topological polar surface area (TPSA) is 90.4 Å². The summed E-state index contributed by atoms with van der Waals surface area (Å²) in [6.45, 7) is 3.54. The quantitative estimate of drug-likeness (QED) is 0.597. The predicted molar refractivity (Wildman–Crippen MR) is 143 cm³/mol. The molecule has 2 aromatic rings. The molecule has 0 aliphatic carbocycles. The Morgan fingerprint density at radius 1 is 0.974 bits per heavy atom. The number of aliphatic hydroxyl groups is 1. The summed E-state index contributed by atoms with van der Waals surface area (Å²) >= 11 is 0. The van der Waals surface area contributed by atoms with Gasteiger partial charge >= 0.3 is 0 Å². The molecule has 4 aliphatic rings. The van der Waals surface area contributed by atoms with E-state index < -0.39 is 29.6 Å². The maximum Gasteiger partial charge on any atom is 0.253 e. The van der Waals surface area contributed by atoms with Crippen molar-refractivity contribution in [2.75, 3.05) is 37.7 Å². The van der Waals surface area contributed by atoms with Crippen LogP contribution in [0.15, 0.2) is 66.8 Å². The normalized spacial score (nSPS) is 30.5. The van der Waals surface area contributed by atoms with Crippen LogP contribution in [-0.2, 0) is 19.1 Å². The number of benzene rings is 2. The van der Waals surface area contributed by atoms with E-state index in [2.05, 4.69) is 0 Å². The Bertz CT molecular complexity index is 1340. The van der Waals surface area contributed by atoms with Crippen molar-refractivity contribution >= 4 is 34.2 Å². The number of nitrogens with zero attached hydrogens (tertiary/aromatic N) is 3. The number of carbonyl (C=O) groups is 3. The van der Waals surface area contributed by atoms with Crippen LogP contribution in [0.3, 0.4) is 0 Å². The molecule has 2 aromatic carbocycles. The van der Waals surface area contributed by atoms with Gasteiger partial charge in [-0.05, 0) is 35.7 Å². The number of likely N-dealkylation sites (tertiary alicyclic amines) is 1. The van der Waals surface area contributed by atoms with E-state index in [4.69, 9.17) is 4.74 Å². The zero-order valence-corrected chi connectivity index (χ0v) is 21.5. The second-order valence-corrected chi connectivity index (χ2v) is 10.5. The fraction of sp³-hybridized carbons (Fsp3) is 0.433. The summed E-state index contributed by atoms with van der Waals surface area (Å²) in [6.07, 6.45) is 8.14. The lowest BCUT2D eigenvalue weighted by atomic mass is 9.77. The molecule has 8 nitrogen and oxygen atoms in total. The summed E-state index contributed by atoms with van der Waals surface area (Å²) in [4.78, 5) is 47.2. The van der Waals surface area contributed by atoms with Crippen LogP contribution in [-0.4, -0.2) is 83.2 Å². The Kier molecular flexibility index (Phi) is 6.32. The molecule has 0 radical (unpaired) electrons. The molecular weight excluding hydrogens is 482 g/mol. The van der Waals surface area contributed by atoms with E-state index in [9.17, 15) is 19.5 Å². The third-order valence-corrected chi connectivity index (χ3v) is 8.34. The molecule has 4 heterocycles. The highest BCUT2D eigenvalue weighted by Gasteiger charge is 2.71. The summed E-state index contributed by atoms with van der Waals surface area (Å²) < 4.78 is 6.65. The highest BCUT2D eigenvalue weighted by atomic mass is 16.5. The van der Waals surface area contributed by atoms with Crippen LogP contribution in [0.1, 0.15) is 19.8 Å². The molecule has 198 valence electrons. The van der Waals surface area contributed by atoms with Gasteiger partial charge in [-0.25, -0.2) is 0 Å². The third-order valence-electron chi connectivity index (χ3n) is 8.34. The number of hydrogen-bond donors (Lipinski definition) is 1. The van der Waals surface area contributed by atoms with Crippen molar-refractivity contribution in [3.8, 4) is 0 Å². The molecular formula is C30H33N3O5. The summed E-state index contributed by atoms with van der Waals surface area (Å²) in [7, 11) is 0. The first-order chi connectivity index (χ1) is 18.5. The lowest BCUT2D eigenvalue weighted by Gasteiger charge is -2.35. The lowest BCUT2D eigenvalue weighted by Crippen LogP contribution is -2.55. The Morgan fingerprint density at radius 3 is 2.58 bits per heavy atom. The van der Waals surface area contributed by atoms with E-state index >= 15 is 0 Å². The molecule has 0 bridgehead atoms. The standard InChI is InChI=1S/C30H33N3O5/c1-2-14-31-15-5-10-23-24(27(31)35)25-28(36)33(17-7-18-34)26-29(37)32(16-6-13-30(25,26)38-23)22-12-11-20-8-3-4-9-21(20)19-22/h3-6,8-13,19,23-26,34H,2,7,14-18H2,1H3/t23-,24+,25+,26?,30+/m1/s1. The fourth-order valence-electron chi connectivity index (χ4n) is 6.72. The zero-order chi connectivity index (χ0) is 26.4. The molecule has 1 N–H and O–H groups in total. The number of amides is 3. The van der Waals surface area contributed by atoms with Gasteiger partial charge in [0.2, 0.25) is 11.8 Å². The van der Waals surface area contributed by atoms with Gasteiger partial charge in [-0.3, -0.25) is 14.4 Å². The van der Waals surface area contributed by atoms with E-state index in [1.54, 1.807) is 14.7 Å². The number of fused-ring (bicyclic) bond motifs is 3. The van der Waals surface area contributed by atoms with Crippen molar-refractivity contribution in [3.63, 3.8) is 0 Å². The van der Waals surface area contributed by atoms with Gasteiger partial charge in [-0.1, -0.05) is 61.6 Å².